The fourth-order valence-electron chi connectivity index (χ4n) is 13.7. The van der Waals surface area contributed by atoms with Crippen LogP contribution in [0, 0.1) is 88.9 Å². The number of halogens is 2. The van der Waals surface area contributed by atoms with E-state index >= 15 is 0 Å². The Bertz CT molecular complexity index is 6190. The monoisotopic (exact) mass is 1970 g/mol. The van der Waals surface area contributed by atoms with Crippen molar-refractivity contribution in [3.63, 3.8) is 0 Å². The number of thioether (sulfide) groups is 3. The molecule has 15 aromatic rings. The molecule has 16 nitrogen and oxygen atoms in total. The molecule has 3 atom stereocenters. The summed E-state index contributed by atoms with van der Waals surface area (Å²) in [5.74, 6) is -1.08. The number of rotatable bonds is 34. The Hall–Kier alpha value is -11.2. The second-order valence-corrected chi connectivity index (χ2v) is 42.1. The van der Waals surface area contributed by atoms with Gasteiger partial charge in [0.1, 0.15) is 38.1 Å². The van der Waals surface area contributed by atoms with Crippen LogP contribution in [-0.2, 0) is 44.2 Å². The standard InChI is InChI=1S/C28H25ClFNO3S2.C28H27NO3S2.C28H27NO3SSe.C21H21NO3S2/c1-16-7-9-19(10-8-16)28-31-18(3)27(36-28)25(14-21-22(29)5-4-6-23(21)30)35-20-11-12-24(17(2)13-20)34-15-26(32)33;1-18-9-11-22(12-10-18)28-29-20(3)27(34-28)25(16-21-7-5-4-6-8-21)33-23-13-14-24(19(2)15-23)32-17-26(30)31;1-18-9-11-22(12-10-18)28-29-20(3)27(33-28)25(16-21-7-5-4-6-8-21)34-23-13-14-24(19(2)15-23)32-17-26(30)31;1-13-4-6-16(7-5-13)21-22-15(3)19(27-21)12-26-17-8-9-18(14(2)10-17)25-11-20(23)24/h4-13,25H,14-15H2,1-3H3,(H,32,33);2*4-15,25H,16-17H2,1-3H3,(H,30,31);4-10H,11-12H2,1-3H3,(H,23,24). The minimum atomic E-state index is -1.03. The molecule has 0 aliphatic heterocycles. The van der Waals surface area contributed by atoms with Crippen LogP contribution in [0.15, 0.2) is 263 Å². The van der Waals surface area contributed by atoms with E-state index in [0.29, 0.717) is 44.8 Å². The van der Waals surface area contributed by atoms with Crippen LogP contribution in [0.1, 0.15) is 119 Å². The summed E-state index contributed by atoms with van der Waals surface area (Å²) in [6.07, 6.45) is 2.23. The molecule has 4 N–H and O–H groups in total. The maximum absolute atomic E-state index is 14.8. The van der Waals surface area contributed by atoms with Crippen LogP contribution < -0.4 is 23.4 Å². The molecule has 4 aromatic heterocycles. The predicted octanol–water partition coefficient (Wildman–Crippen LogP) is 26.3. The Kier molecular flexibility index (Phi) is 36.0. The number of aromatic nitrogens is 4. The molecular weight excluding hydrogens is 1870 g/mol. The Morgan fingerprint density at radius 2 is 0.718 bits per heavy atom. The average molecular weight is 1970 g/mol. The van der Waals surface area contributed by atoms with Crippen molar-refractivity contribution in [3.05, 3.63) is 363 Å². The minimum Gasteiger partial charge on any atom is -0.482 e. The molecule has 0 saturated carbocycles. The van der Waals surface area contributed by atoms with Crippen molar-refractivity contribution >= 4 is 136 Å². The van der Waals surface area contributed by atoms with Gasteiger partial charge in [-0.1, -0.05) is 137 Å². The van der Waals surface area contributed by atoms with Gasteiger partial charge in [-0.2, -0.15) is 0 Å². The molecule has 3 unspecified atom stereocenters. The second-order valence-electron chi connectivity index (χ2n) is 31.2. The van der Waals surface area contributed by atoms with E-state index < -0.39 is 30.5 Å². The van der Waals surface area contributed by atoms with Gasteiger partial charge in [-0.3, -0.25) is 0 Å². The maximum atomic E-state index is 14.8. The molecule has 0 bridgehead atoms. The number of benzene rings is 11. The van der Waals surface area contributed by atoms with Crippen LogP contribution in [-0.4, -0.2) is 106 Å². The first kappa shape index (κ1) is 98.8. The Morgan fingerprint density at radius 1 is 0.374 bits per heavy atom. The zero-order chi connectivity index (χ0) is 93.4. The summed E-state index contributed by atoms with van der Waals surface area (Å²) < 4.78 is 37.5. The van der Waals surface area contributed by atoms with Crippen molar-refractivity contribution in [1.29, 1.82) is 0 Å². The molecule has 0 spiro atoms. The van der Waals surface area contributed by atoms with E-state index in [2.05, 4.69) is 211 Å². The van der Waals surface area contributed by atoms with Crippen molar-refractivity contribution < 1.29 is 62.9 Å². The number of nitrogens with zero attached hydrogens (tertiary/aromatic N) is 4. The Labute approximate surface area is 804 Å². The molecule has 0 aliphatic carbocycles. The third-order valence-electron chi connectivity index (χ3n) is 20.6. The molecule has 11 aromatic carbocycles. The van der Waals surface area contributed by atoms with Gasteiger partial charge in [-0.25, -0.2) is 33.7 Å². The van der Waals surface area contributed by atoms with E-state index in [4.69, 9.17) is 70.9 Å². The van der Waals surface area contributed by atoms with Gasteiger partial charge < -0.3 is 29.5 Å². The third-order valence-corrected chi connectivity index (χ3v) is 33.0. The van der Waals surface area contributed by atoms with Gasteiger partial charge in [0.15, 0.2) is 19.8 Å². The number of carbonyl (C=O) groups is 4. The molecular formula is C105H100ClFN4O12S7Se. The van der Waals surface area contributed by atoms with Gasteiger partial charge >= 0.3 is 229 Å². The quantitative estimate of drug-likeness (QED) is 0.0217. The van der Waals surface area contributed by atoms with Crippen molar-refractivity contribution in [1.82, 2.24) is 19.9 Å². The number of hydrogen-bond acceptors (Lipinski definition) is 19. The first-order valence-corrected chi connectivity index (χ1v) is 50.3. The van der Waals surface area contributed by atoms with Crippen LogP contribution in [0.4, 0.5) is 4.39 Å². The van der Waals surface area contributed by atoms with Crippen LogP contribution in [0.5, 0.6) is 23.0 Å². The molecule has 0 aliphatic rings. The van der Waals surface area contributed by atoms with Crippen LogP contribution in [0.2, 0.25) is 5.02 Å². The van der Waals surface area contributed by atoms with Gasteiger partial charge in [0.05, 0.1) is 17.1 Å². The largest absolute Gasteiger partial charge is 0.482 e. The number of ether oxygens (including phenoxy) is 4. The SMILES string of the molecule is Cc1ccc(-c2nc(C)c(C(Cc3c(F)cccc3Cl)Sc3ccc(OCC(=O)O)c(C)c3)s2)cc1.Cc1ccc(-c2nc(C)c(C(Cc3ccccc3)Sc3ccc(OCC(=O)O)c(C)c3)s2)cc1.Cc1ccc(-c2nc(C)c(C(Cc3ccccc3)[Se]c3ccc(OCC(=O)O)c(C)c3)s2)cc1.Cc1ccc(-c2nc(C)c(CSc3ccc(OCC(=O)O)c(C)c3)s2)cc1. The van der Waals surface area contributed by atoms with Gasteiger partial charge in [-0.05, 0) is 164 Å². The molecule has 26 heteroatoms. The molecule has 4 heterocycles. The van der Waals surface area contributed by atoms with E-state index in [1.807, 2.05) is 108 Å². The normalized spacial score (nSPS) is 11.6. The number of hydrogen-bond donors (Lipinski definition) is 4. The van der Waals surface area contributed by atoms with Crippen molar-refractivity contribution in [2.45, 2.75) is 138 Å². The van der Waals surface area contributed by atoms with Crippen LogP contribution in [0.25, 0.3) is 42.3 Å². The summed E-state index contributed by atoms with van der Waals surface area (Å²) in [5.41, 5.74) is 20.2. The number of aryl methyl sites for hydroxylation is 12. The maximum Gasteiger partial charge on any atom is 0.341 e. The fourth-order valence-corrected chi connectivity index (χ4v) is 25.7. The molecule has 0 saturated heterocycles. The van der Waals surface area contributed by atoms with E-state index in [-0.39, 0.29) is 51.1 Å². The summed E-state index contributed by atoms with van der Waals surface area (Å²) >= 11 is 18.6. The summed E-state index contributed by atoms with van der Waals surface area (Å²) in [5, 5.41) is 40.0. The van der Waals surface area contributed by atoms with E-state index in [1.54, 1.807) is 87.1 Å². The first-order valence-electron chi connectivity index (χ1n) is 42.0. The predicted molar refractivity (Wildman–Crippen MR) is 536 cm³/mol. The summed E-state index contributed by atoms with van der Waals surface area (Å²) in [6.45, 7) is 22.9. The minimum absolute atomic E-state index is 0.138. The van der Waals surface area contributed by atoms with Crippen LogP contribution >= 0.6 is 92.2 Å². The molecule has 674 valence electrons. The van der Waals surface area contributed by atoms with Crippen molar-refractivity contribution in [3.8, 4) is 65.3 Å². The van der Waals surface area contributed by atoms with Crippen LogP contribution in [0.3, 0.4) is 0 Å². The van der Waals surface area contributed by atoms with Crippen molar-refractivity contribution in [2.75, 3.05) is 26.4 Å². The van der Waals surface area contributed by atoms with E-state index in [9.17, 15) is 23.6 Å². The van der Waals surface area contributed by atoms with E-state index in [0.717, 1.165) is 125 Å². The van der Waals surface area contributed by atoms with Crippen molar-refractivity contribution in [2.24, 2.45) is 0 Å². The average Bonchev–Trinajstić information content (AvgIpc) is 1.70. The zero-order valence-electron chi connectivity index (χ0n) is 74.4. The molecule has 15 rings (SSSR count). The Morgan fingerprint density at radius 3 is 1.11 bits per heavy atom. The fraction of sp³-hybridized carbons (Fsp3) is 0.219. The Balaban J connectivity index is 0.000000159. The second kappa shape index (κ2) is 47.8. The van der Waals surface area contributed by atoms with Gasteiger partial charge in [0.25, 0.3) is 0 Å². The smallest absolute Gasteiger partial charge is 0.341 e. The summed E-state index contributed by atoms with van der Waals surface area (Å²) in [4.78, 5) is 71.1. The number of aliphatic carboxylic acids is 4. The third kappa shape index (κ3) is 29.2. The molecule has 0 amide bonds. The number of carboxylic acids is 4. The van der Waals surface area contributed by atoms with E-state index in [1.165, 1.54) is 58.5 Å². The molecule has 131 heavy (non-hydrogen) atoms. The first-order chi connectivity index (χ1) is 62.9. The molecule has 0 radical (unpaired) electrons. The summed E-state index contributed by atoms with van der Waals surface area (Å²) in [6, 6.07) is 83.1. The number of carboxylic acid groups (broad SMARTS) is 4. The van der Waals surface area contributed by atoms with Gasteiger partial charge in [-0.15, -0.1) is 69.3 Å². The molecule has 0 fully saturated rings. The number of thiazole rings is 4. The van der Waals surface area contributed by atoms with Gasteiger partial charge in [0, 0.05) is 72.8 Å². The van der Waals surface area contributed by atoms with Gasteiger partial charge in [0.2, 0.25) is 0 Å². The zero-order valence-corrected chi connectivity index (χ0v) is 82.6. The topological polar surface area (TPSA) is 238 Å². The summed E-state index contributed by atoms with van der Waals surface area (Å²) in [7, 11) is 0.